The molecule has 5 rings (SSSR count). The monoisotopic (exact) mass is 372 g/mol. The summed E-state index contributed by atoms with van der Waals surface area (Å²) in [5, 5.41) is 0.815. The van der Waals surface area contributed by atoms with Gasteiger partial charge in [0, 0.05) is 16.0 Å². The first-order valence-electron chi connectivity index (χ1n) is 9.55. The Morgan fingerprint density at radius 2 is 1.44 bits per heavy atom. The topological polar surface area (TPSA) is 30.2 Å². The fourth-order valence-electron chi connectivity index (χ4n) is 4.09. The quantitative estimate of drug-likeness (QED) is 0.378. The summed E-state index contributed by atoms with van der Waals surface area (Å²) < 4.78 is 7.06. The van der Waals surface area contributed by atoms with Crippen LogP contribution in [0.15, 0.2) is 69.9 Å². The highest BCUT2D eigenvalue weighted by molar-refractivity contribution is 7.20. The molecule has 0 atom stereocenters. The normalized spacial score (nSPS) is 14.1. The molecule has 134 valence electrons. The van der Waals surface area contributed by atoms with Crippen LogP contribution in [0.25, 0.3) is 32.5 Å². The molecule has 2 aromatic carbocycles. The van der Waals surface area contributed by atoms with E-state index < -0.39 is 0 Å². The minimum Gasteiger partial charge on any atom is -0.422 e. The Labute approximate surface area is 162 Å². The second-order valence-corrected chi connectivity index (χ2v) is 8.20. The summed E-state index contributed by atoms with van der Waals surface area (Å²) >= 11 is 1.80. The number of thiophene rings is 1. The first kappa shape index (κ1) is 16.5. The molecule has 0 spiro atoms. The molecule has 1 aliphatic rings. The molecule has 0 amide bonds. The first-order valence-corrected chi connectivity index (χ1v) is 10.4. The number of benzene rings is 2. The van der Waals surface area contributed by atoms with E-state index in [1.165, 1.54) is 23.3 Å². The van der Waals surface area contributed by atoms with Gasteiger partial charge in [0.2, 0.25) is 0 Å². The van der Waals surface area contributed by atoms with E-state index in [0.29, 0.717) is 5.76 Å². The molecule has 0 saturated heterocycles. The Balaban J connectivity index is 1.90. The third-order valence-electron chi connectivity index (χ3n) is 5.37. The first-order chi connectivity index (χ1) is 13.3. The third-order valence-corrected chi connectivity index (χ3v) is 6.68. The Hall–Kier alpha value is -2.65. The Bertz CT molecular complexity index is 1150. The Morgan fingerprint density at radius 1 is 0.778 bits per heavy atom. The van der Waals surface area contributed by atoms with Crippen molar-refractivity contribution < 1.29 is 4.42 Å². The van der Waals surface area contributed by atoms with E-state index in [1.54, 1.807) is 11.3 Å². The molecule has 3 heteroatoms. The Morgan fingerprint density at radius 3 is 2.19 bits per heavy atom. The van der Waals surface area contributed by atoms with Crippen LogP contribution in [-0.4, -0.2) is 0 Å². The summed E-state index contributed by atoms with van der Waals surface area (Å²) in [7, 11) is 0. The van der Waals surface area contributed by atoms with Gasteiger partial charge in [-0.3, -0.25) is 0 Å². The lowest BCUT2D eigenvalue weighted by atomic mass is 9.98. The molecule has 2 nitrogen and oxygen atoms in total. The summed E-state index contributed by atoms with van der Waals surface area (Å²) in [5.41, 5.74) is 4.14. The van der Waals surface area contributed by atoms with Crippen molar-refractivity contribution in [3.63, 3.8) is 0 Å². The molecule has 1 aliphatic carbocycles. The zero-order chi connectivity index (χ0) is 18.2. The largest absolute Gasteiger partial charge is 0.422 e. The van der Waals surface area contributed by atoms with E-state index in [9.17, 15) is 4.79 Å². The van der Waals surface area contributed by atoms with Crippen molar-refractivity contribution in [3.8, 4) is 22.5 Å². The minimum atomic E-state index is -0.192. The standard InChI is InChI=1S/C24H20O2S/c25-24-21-18-14-8-3-9-15-19(18)27-23(21)20(16-10-4-1-5-11-16)22(26-24)17-12-6-2-7-13-17/h1-2,4-7,10-13H,3,8-9,14-15H2. The van der Waals surface area contributed by atoms with Crippen LogP contribution in [0, 0.1) is 0 Å². The molecule has 2 heterocycles. The maximum Gasteiger partial charge on any atom is 0.345 e. The second kappa shape index (κ2) is 6.82. The molecule has 0 saturated carbocycles. The third kappa shape index (κ3) is 2.83. The van der Waals surface area contributed by atoms with Crippen molar-refractivity contribution in [2.75, 3.05) is 0 Å². The summed E-state index contributed by atoms with van der Waals surface area (Å²) in [6, 6.07) is 20.3. The second-order valence-electron chi connectivity index (χ2n) is 7.09. The van der Waals surface area contributed by atoms with Crippen molar-refractivity contribution in [1.82, 2.24) is 0 Å². The van der Waals surface area contributed by atoms with Gasteiger partial charge in [0.25, 0.3) is 0 Å². The highest BCUT2D eigenvalue weighted by Gasteiger charge is 2.24. The summed E-state index contributed by atoms with van der Waals surface area (Å²) in [5.74, 6) is 0.677. The minimum absolute atomic E-state index is 0.192. The molecule has 0 unspecified atom stereocenters. The van der Waals surface area contributed by atoms with Gasteiger partial charge in [-0.15, -0.1) is 11.3 Å². The summed E-state index contributed by atoms with van der Waals surface area (Å²) in [6.07, 6.45) is 5.65. The van der Waals surface area contributed by atoms with E-state index in [2.05, 4.69) is 12.1 Å². The van der Waals surface area contributed by atoms with Crippen LogP contribution in [0.4, 0.5) is 0 Å². The van der Waals surface area contributed by atoms with Crippen LogP contribution in [-0.2, 0) is 12.8 Å². The molecule has 27 heavy (non-hydrogen) atoms. The van der Waals surface area contributed by atoms with Crippen LogP contribution in [0.5, 0.6) is 0 Å². The van der Waals surface area contributed by atoms with Crippen molar-refractivity contribution in [2.45, 2.75) is 32.1 Å². The SMILES string of the molecule is O=c1oc(-c2ccccc2)c(-c2ccccc2)c2sc3c(c12)CCCCC3. The molecule has 0 fully saturated rings. The van der Waals surface area contributed by atoms with Crippen LogP contribution in [0.1, 0.15) is 29.7 Å². The van der Waals surface area contributed by atoms with Gasteiger partial charge in [0.05, 0.1) is 10.1 Å². The van der Waals surface area contributed by atoms with Crippen LogP contribution >= 0.6 is 11.3 Å². The molecule has 2 aromatic heterocycles. The number of rotatable bonds is 2. The van der Waals surface area contributed by atoms with Crippen molar-refractivity contribution >= 4 is 21.4 Å². The Kier molecular flexibility index (Phi) is 4.17. The van der Waals surface area contributed by atoms with Gasteiger partial charge in [0.1, 0.15) is 5.76 Å². The molecule has 0 bridgehead atoms. The fourth-order valence-corrected chi connectivity index (χ4v) is 5.53. The van der Waals surface area contributed by atoms with Crippen LogP contribution in [0.3, 0.4) is 0 Å². The molecular weight excluding hydrogens is 352 g/mol. The van der Waals surface area contributed by atoms with E-state index in [4.69, 9.17) is 4.42 Å². The van der Waals surface area contributed by atoms with Gasteiger partial charge >= 0.3 is 5.63 Å². The summed E-state index contributed by atoms with van der Waals surface area (Å²) in [6.45, 7) is 0. The average molecular weight is 372 g/mol. The van der Waals surface area contributed by atoms with E-state index in [0.717, 1.165) is 46.0 Å². The lowest BCUT2D eigenvalue weighted by molar-refractivity contribution is 0.536. The maximum atomic E-state index is 13.0. The number of hydrogen-bond donors (Lipinski definition) is 0. The highest BCUT2D eigenvalue weighted by atomic mass is 32.1. The van der Waals surface area contributed by atoms with E-state index >= 15 is 0 Å². The lowest BCUT2D eigenvalue weighted by Crippen LogP contribution is -2.04. The van der Waals surface area contributed by atoms with Crippen LogP contribution in [0.2, 0.25) is 0 Å². The molecule has 0 aliphatic heterocycles. The van der Waals surface area contributed by atoms with Crippen molar-refractivity contribution in [3.05, 3.63) is 81.5 Å². The van der Waals surface area contributed by atoms with Crippen LogP contribution < -0.4 is 5.63 Å². The van der Waals surface area contributed by atoms with E-state index in [-0.39, 0.29) is 5.63 Å². The summed E-state index contributed by atoms with van der Waals surface area (Å²) in [4.78, 5) is 14.4. The van der Waals surface area contributed by atoms with Crippen molar-refractivity contribution in [2.24, 2.45) is 0 Å². The molecular formula is C24H20O2S. The molecule has 4 aromatic rings. The fraction of sp³-hybridized carbons (Fsp3) is 0.208. The predicted octanol–water partition coefficient (Wildman–Crippen LogP) is 6.46. The number of hydrogen-bond acceptors (Lipinski definition) is 3. The van der Waals surface area contributed by atoms with Gasteiger partial charge in [-0.05, 0) is 36.8 Å². The highest BCUT2D eigenvalue weighted by Crippen LogP contribution is 2.43. The zero-order valence-electron chi connectivity index (χ0n) is 15.0. The van der Waals surface area contributed by atoms with Gasteiger partial charge < -0.3 is 4.42 Å². The van der Waals surface area contributed by atoms with Crippen molar-refractivity contribution in [1.29, 1.82) is 0 Å². The smallest absolute Gasteiger partial charge is 0.345 e. The van der Waals surface area contributed by atoms with Gasteiger partial charge in [0.15, 0.2) is 0 Å². The lowest BCUT2D eigenvalue weighted by Gasteiger charge is -2.10. The van der Waals surface area contributed by atoms with E-state index in [1.807, 2.05) is 48.5 Å². The van der Waals surface area contributed by atoms with Gasteiger partial charge in [-0.25, -0.2) is 4.79 Å². The number of aryl methyl sites for hydroxylation is 2. The average Bonchev–Trinajstić information content (AvgIpc) is 2.92. The molecule has 0 N–H and O–H groups in total. The maximum absolute atomic E-state index is 13.0. The molecule has 0 radical (unpaired) electrons. The van der Waals surface area contributed by atoms with Gasteiger partial charge in [-0.2, -0.15) is 0 Å². The zero-order valence-corrected chi connectivity index (χ0v) is 15.9. The number of fused-ring (bicyclic) bond motifs is 3. The van der Waals surface area contributed by atoms with Gasteiger partial charge in [-0.1, -0.05) is 67.1 Å². The predicted molar refractivity (Wildman–Crippen MR) is 112 cm³/mol.